The van der Waals surface area contributed by atoms with Crippen molar-refractivity contribution in [1.29, 1.82) is 0 Å². The maximum Gasteiger partial charge on any atom is 0.266 e. The first-order valence-electron chi connectivity index (χ1n) is 9.63. The largest absolute Gasteiger partial charge is 0.497 e. The molecular weight excluding hydrogens is 404 g/mol. The van der Waals surface area contributed by atoms with Crippen LogP contribution >= 0.6 is 11.8 Å². The van der Waals surface area contributed by atoms with Gasteiger partial charge in [0, 0.05) is 18.2 Å². The highest BCUT2D eigenvalue weighted by Gasteiger charge is 2.32. The number of benzene rings is 2. The van der Waals surface area contributed by atoms with E-state index < -0.39 is 0 Å². The Morgan fingerprint density at radius 3 is 2.57 bits per heavy atom. The summed E-state index contributed by atoms with van der Waals surface area (Å²) in [6.45, 7) is 5.04. The number of amides is 1. The molecule has 2 heterocycles. The lowest BCUT2D eigenvalue weighted by molar-refractivity contribution is -0.122. The maximum atomic E-state index is 13.0. The van der Waals surface area contributed by atoms with E-state index in [1.807, 2.05) is 50.3 Å². The highest BCUT2D eigenvalue weighted by Crippen LogP contribution is 2.41. The highest BCUT2D eigenvalue weighted by molar-refractivity contribution is 8.18. The zero-order chi connectivity index (χ0) is 21.1. The van der Waals surface area contributed by atoms with Gasteiger partial charge in [0.2, 0.25) is 6.79 Å². The van der Waals surface area contributed by atoms with E-state index in [1.165, 1.54) is 11.8 Å². The molecule has 2 aliphatic rings. The Morgan fingerprint density at radius 2 is 1.90 bits per heavy atom. The molecule has 0 atom stereocenters. The van der Waals surface area contributed by atoms with Gasteiger partial charge in [0.15, 0.2) is 16.7 Å². The van der Waals surface area contributed by atoms with Crippen LogP contribution in [0.15, 0.2) is 46.3 Å². The number of fused-ring (bicyclic) bond motifs is 1. The number of carbonyl (C=O) groups is 1. The molecule has 1 amide bonds. The second-order valence-corrected chi connectivity index (χ2v) is 7.44. The van der Waals surface area contributed by atoms with Crippen LogP contribution in [0.5, 0.6) is 23.0 Å². The molecule has 30 heavy (non-hydrogen) atoms. The quantitative estimate of drug-likeness (QED) is 0.636. The van der Waals surface area contributed by atoms with Crippen molar-refractivity contribution in [2.24, 2.45) is 4.99 Å². The number of ether oxygens (including phenoxy) is 4. The van der Waals surface area contributed by atoms with Gasteiger partial charge in [0.05, 0.1) is 24.3 Å². The molecule has 8 heteroatoms. The third-order valence-corrected chi connectivity index (χ3v) is 5.60. The molecule has 156 valence electrons. The van der Waals surface area contributed by atoms with Gasteiger partial charge in [0.25, 0.3) is 5.91 Å². The van der Waals surface area contributed by atoms with Crippen LogP contribution < -0.4 is 18.9 Å². The molecule has 1 fully saturated rings. The monoisotopic (exact) mass is 426 g/mol. The van der Waals surface area contributed by atoms with Crippen LogP contribution in [0.1, 0.15) is 19.4 Å². The first kappa shape index (κ1) is 20.2. The van der Waals surface area contributed by atoms with Crippen LogP contribution in [0, 0.1) is 0 Å². The summed E-state index contributed by atoms with van der Waals surface area (Å²) in [4.78, 5) is 19.9. The third-order valence-electron chi connectivity index (χ3n) is 4.59. The number of nitrogens with zero attached hydrogens (tertiary/aromatic N) is 2. The van der Waals surface area contributed by atoms with E-state index in [-0.39, 0.29) is 12.7 Å². The third kappa shape index (κ3) is 3.95. The average Bonchev–Trinajstić information content (AvgIpc) is 3.32. The van der Waals surface area contributed by atoms with E-state index in [9.17, 15) is 4.79 Å². The first-order valence-corrected chi connectivity index (χ1v) is 10.4. The van der Waals surface area contributed by atoms with Crippen LogP contribution in [-0.4, -0.2) is 43.0 Å². The summed E-state index contributed by atoms with van der Waals surface area (Å²) in [5.41, 5.74) is 1.52. The van der Waals surface area contributed by atoms with E-state index in [1.54, 1.807) is 18.1 Å². The average molecular weight is 426 g/mol. The lowest BCUT2D eigenvalue weighted by Crippen LogP contribution is -2.28. The Balaban J connectivity index is 1.67. The number of amidine groups is 1. The fraction of sp³-hybridized carbons (Fsp3) is 0.273. The van der Waals surface area contributed by atoms with Gasteiger partial charge in [-0.15, -0.1) is 0 Å². The molecule has 0 unspecified atom stereocenters. The Bertz CT molecular complexity index is 1020. The molecule has 0 spiro atoms. The fourth-order valence-electron chi connectivity index (χ4n) is 3.11. The summed E-state index contributed by atoms with van der Waals surface area (Å²) in [6.07, 6.45) is 1.82. The van der Waals surface area contributed by atoms with Crippen molar-refractivity contribution in [1.82, 2.24) is 4.90 Å². The maximum absolute atomic E-state index is 13.0. The SMILES string of the molecule is CCOc1cc2c(cc1/C=C1/SC(=Nc3ccc(OC)cc3)N(CC)C1=O)OCO2. The molecule has 0 N–H and O–H groups in total. The lowest BCUT2D eigenvalue weighted by atomic mass is 10.1. The Kier molecular flexibility index (Phi) is 5.85. The normalized spacial score (nSPS) is 17.8. The second kappa shape index (κ2) is 8.71. The number of aliphatic imine (C=N–C) groups is 1. The molecule has 0 aliphatic carbocycles. The molecule has 0 radical (unpaired) electrons. The molecule has 0 aromatic heterocycles. The van der Waals surface area contributed by atoms with Crippen molar-refractivity contribution in [2.45, 2.75) is 13.8 Å². The molecule has 2 aliphatic heterocycles. The molecule has 4 rings (SSSR count). The standard InChI is InChI=1S/C22H22N2O5S/c1-4-24-21(25)20(30-22(24)23-15-6-8-16(26-3)9-7-15)11-14-10-18-19(29-13-28-18)12-17(14)27-5-2/h6-12H,4-5,13H2,1-3H3/b20-11+,23-22?. The van der Waals surface area contributed by atoms with Crippen LogP contribution in [0.3, 0.4) is 0 Å². The number of rotatable bonds is 6. The second-order valence-electron chi connectivity index (χ2n) is 6.43. The predicted octanol–water partition coefficient (Wildman–Crippen LogP) is 4.45. The number of thioether (sulfide) groups is 1. The molecule has 0 saturated carbocycles. The minimum atomic E-state index is -0.0881. The van der Waals surface area contributed by atoms with Crippen LogP contribution in [0.4, 0.5) is 5.69 Å². The minimum absolute atomic E-state index is 0.0881. The number of methoxy groups -OCH3 is 1. The molecule has 1 saturated heterocycles. The number of likely N-dealkylation sites (N-methyl/N-ethyl adjacent to an activating group) is 1. The van der Waals surface area contributed by atoms with Gasteiger partial charge >= 0.3 is 0 Å². The van der Waals surface area contributed by atoms with Crippen LogP contribution in [0.25, 0.3) is 6.08 Å². The van der Waals surface area contributed by atoms with Gasteiger partial charge in [-0.2, -0.15) is 0 Å². The smallest absolute Gasteiger partial charge is 0.266 e. The fourth-order valence-corrected chi connectivity index (χ4v) is 4.16. The van der Waals surface area contributed by atoms with E-state index >= 15 is 0 Å². The van der Waals surface area contributed by atoms with Crippen LogP contribution in [0.2, 0.25) is 0 Å². The van der Waals surface area contributed by atoms with E-state index in [4.69, 9.17) is 18.9 Å². The van der Waals surface area contributed by atoms with Gasteiger partial charge in [-0.1, -0.05) is 0 Å². The molecular formula is C22H22N2O5S. The van der Waals surface area contributed by atoms with Crippen LogP contribution in [-0.2, 0) is 4.79 Å². The summed E-state index contributed by atoms with van der Waals surface area (Å²) >= 11 is 1.34. The van der Waals surface area contributed by atoms with Crippen molar-refractivity contribution in [2.75, 3.05) is 27.1 Å². The summed E-state index contributed by atoms with van der Waals surface area (Å²) in [5.74, 6) is 2.59. The van der Waals surface area contributed by atoms with Crippen molar-refractivity contribution >= 4 is 34.6 Å². The molecule has 0 bridgehead atoms. The molecule has 2 aromatic rings. The number of carbonyl (C=O) groups excluding carboxylic acids is 1. The lowest BCUT2D eigenvalue weighted by Gasteiger charge is -2.12. The predicted molar refractivity (Wildman–Crippen MR) is 117 cm³/mol. The van der Waals surface area contributed by atoms with E-state index in [2.05, 4.69) is 4.99 Å². The summed E-state index contributed by atoms with van der Waals surface area (Å²) in [5, 5.41) is 0.637. The molecule has 2 aromatic carbocycles. The van der Waals surface area contributed by atoms with Gasteiger partial charge in [-0.3, -0.25) is 9.69 Å². The Labute approximate surface area is 179 Å². The first-order chi connectivity index (χ1) is 14.6. The van der Waals surface area contributed by atoms with Crippen molar-refractivity contribution in [3.8, 4) is 23.0 Å². The molecule has 7 nitrogen and oxygen atoms in total. The number of hydrogen-bond donors (Lipinski definition) is 0. The highest BCUT2D eigenvalue weighted by atomic mass is 32.2. The van der Waals surface area contributed by atoms with Gasteiger partial charge < -0.3 is 18.9 Å². The van der Waals surface area contributed by atoms with E-state index in [0.29, 0.717) is 40.5 Å². The zero-order valence-corrected chi connectivity index (χ0v) is 17.8. The topological polar surface area (TPSA) is 69.6 Å². The van der Waals surface area contributed by atoms with Crippen molar-refractivity contribution in [3.05, 3.63) is 46.9 Å². The summed E-state index contributed by atoms with van der Waals surface area (Å²) in [7, 11) is 1.62. The Morgan fingerprint density at radius 1 is 1.17 bits per heavy atom. The minimum Gasteiger partial charge on any atom is -0.497 e. The number of hydrogen-bond acceptors (Lipinski definition) is 7. The Hall–Kier alpha value is -3.13. The van der Waals surface area contributed by atoms with Gasteiger partial charge in [0.1, 0.15) is 11.5 Å². The van der Waals surface area contributed by atoms with Gasteiger partial charge in [-0.05, 0) is 62.0 Å². The summed E-state index contributed by atoms with van der Waals surface area (Å²) in [6, 6.07) is 11.0. The van der Waals surface area contributed by atoms with Crippen molar-refractivity contribution < 1.29 is 23.7 Å². The van der Waals surface area contributed by atoms with E-state index in [0.717, 1.165) is 17.0 Å². The van der Waals surface area contributed by atoms with Crippen molar-refractivity contribution in [3.63, 3.8) is 0 Å². The zero-order valence-electron chi connectivity index (χ0n) is 17.0. The van der Waals surface area contributed by atoms with Gasteiger partial charge in [-0.25, -0.2) is 4.99 Å². The summed E-state index contributed by atoms with van der Waals surface area (Å²) < 4.78 is 21.9.